The van der Waals surface area contributed by atoms with Gasteiger partial charge in [0.15, 0.2) is 0 Å². The highest BCUT2D eigenvalue weighted by molar-refractivity contribution is 5.94. The molecule has 2 aromatic rings. The van der Waals surface area contributed by atoms with Gasteiger partial charge in [-0.15, -0.1) is 0 Å². The average Bonchev–Trinajstić information content (AvgIpc) is 3.40. The second-order valence-corrected chi connectivity index (χ2v) is 5.74. The fourth-order valence-electron chi connectivity index (χ4n) is 2.35. The molecule has 1 saturated carbocycles. The minimum atomic E-state index is -2.80. The number of carbonyl (C=O) groups is 1. The quantitative estimate of drug-likeness (QED) is 0.875. The smallest absolute Gasteiger partial charge is 0.268 e. The monoisotopic (exact) mass is 317 g/mol. The van der Waals surface area contributed by atoms with Crippen molar-refractivity contribution in [2.75, 3.05) is 5.32 Å². The number of hydrogen-bond donors (Lipinski definition) is 2. The summed E-state index contributed by atoms with van der Waals surface area (Å²) in [6, 6.07) is 13.7. The van der Waals surface area contributed by atoms with Crippen molar-refractivity contribution in [1.82, 2.24) is 0 Å². The van der Waals surface area contributed by atoms with E-state index in [1.54, 1.807) is 12.1 Å². The summed E-state index contributed by atoms with van der Waals surface area (Å²) in [5.41, 5.74) is 2.70. The SMILES string of the molecule is O=C(Nc1ccc(-c2ccc(C(O)C(F)F)cc2)cc1)C1CC1. The van der Waals surface area contributed by atoms with Crippen LogP contribution in [0.4, 0.5) is 14.5 Å². The van der Waals surface area contributed by atoms with Gasteiger partial charge in [0, 0.05) is 11.6 Å². The van der Waals surface area contributed by atoms with Gasteiger partial charge in [0.2, 0.25) is 5.91 Å². The zero-order valence-electron chi connectivity index (χ0n) is 12.4. The zero-order chi connectivity index (χ0) is 16.4. The molecule has 2 N–H and O–H groups in total. The van der Waals surface area contributed by atoms with Gasteiger partial charge in [-0.05, 0) is 41.7 Å². The first-order valence-corrected chi connectivity index (χ1v) is 7.52. The fourth-order valence-corrected chi connectivity index (χ4v) is 2.35. The van der Waals surface area contributed by atoms with E-state index in [9.17, 15) is 18.7 Å². The lowest BCUT2D eigenvalue weighted by molar-refractivity contribution is -0.117. The number of alkyl halides is 2. The Labute approximate surface area is 133 Å². The predicted molar refractivity (Wildman–Crippen MR) is 84.2 cm³/mol. The van der Waals surface area contributed by atoms with Gasteiger partial charge in [-0.1, -0.05) is 36.4 Å². The molecule has 0 aliphatic heterocycles. The van der Waals surface area contributed by atoms with Crippen LogP contribution >= 0.6 is 0 Å². The third-order valence-corrected chi connectivity index (χ3v) is 3.92. The molecule has 1 aliphatic carbocycles. The molecule has 1 fully saturated rings. The lowest BCUT2D eigenvalue weighted by atomic mass is 10.0. The molecule has 0 saturated heterocycles. The van der Waals surface area contributed by atoms with E-state index >= 15 is 0 Å². The first-order valence-electron chi connectivity index (χ1n) is 7.52. The van der Waals surface area contributed by atoms with Gasteiger partial charge in [0.1, 0.15) is 6.10 Å². The third kappa shape index (κ3) is 3.74. The van der Waals surface area contributed by atoms with Gasteiger partial charge in [0.05, 0.1) is 0 Å². The fraction of sp³-hybridized carbons (Fsp3) is 0.278. The molecule has 120 valence electrons. The standard InChI is InChI=1S/C18H17F2NO2/c19-17(20)16(22)13-3-1-11(2-4-13)12-7-9-15(10-8-12)21-18(23)14-5-6-14/h1-4,7-10,14,16-17,22H,5-6H2,(H,21,23). The van der Waals surface area contributed by atoms with Crippen LogP contribution in [-0.2, 0) is 4.79 Å². The molecule has 0 aromatic heterocycles. The Morgan fingerprint density at radius 2 is 1.52 bits per heavy atom. The van der Waals surface area contributed by atoms with Gasteiger partial charge in [-0.3, -0.25) is 4.79 Å². The molecule has 1 aliphatic rings. The first kappa shape index (κ1) is 15.6. The maximum Gasteiger partial charge on any atom is 0.268 e. The Bertz CT molecular complexity index is 679. The molecular formula is C18H17F2NO2. The highest BCUT2D eigenvalue weighted by Crippen LogP contribution is 2.30. The van der Waals surface area contributed by atoms with Crippen LogP contribution in [0.15, 0.2) is 48.5 Å². The van der Waals surface area contributed by atoms with Crippen molar-refractivity contribution in [3.05, 3.63) is 54.1 Å². The van der Waals surface area contributed by atoms with E-state index in [1.807, 2.05) is 24.3 Å². The van der Waals surface area contributed by atoms with E-state index in [2.05, 4.69) is 5.32 Å². The number of carbonyl (C=O) groups excluding carboxylic acids is 1. The Balaban J connectivity index is 1.70. The Morgan fingerprint density at radius 1 is 1.00 bits per heavy atom. The number of benzene rings is 2. The molecule has 0 radical (unpaired) electrons. The second kappa shape index (κ2) is 6.46. The molecule has 0 heterocycles. The van der Waals surface area contributed by atoms with Gasteiger partial charge in [-0.25, -0.2) is 8.78 Å². The highest BCUT2D eigenvalue weighted by atomic mass is 19.3. The van der Waals surface area contributed by atoms with Crippen LogP contribution in [0.1, 0.15) is 24.5 Å². The number of rotatable bonds is 5. The summed E-state index contributed by atoms with van der Waals surface area (Å²) in [4.78, 5) is 11.7. The molecule has 1 atom stereocenters. The summed E-state index contributed by atoms with van der Waals surface area (Å²) in [6.07, 6.45) is -2.64. The van der Waals surface area contributed by atoms with Gasteiger partial charge >= 0.3 is 0 Å². The largest absolute Gasteiger partial charge is 0.382 e. The number of nitrogens with one attached hydrogen (secondary N) is 1. The van der Waals surface area contributed by atoms with E-state index in [4.69, 9.17) is 0 Å². The van der Waals surface area contributed by atoms with E-state index in [-0.39, 0.29) is 17.4 Å². The molecule has 3 nitrogen and oxygen atoms in total. The number of anilines is 1. The summed E-state index contributed by atoms with van der Waals surface area (Å²) in [7, 11) is 0. The molecule has 0 bridgehead atoms. The second-order valence-electron chi connectivity index (χ2n) is 5.74. The molecule has 3 rings (SSSR count). The Kier molecular flexibility index (Phi) is 4.39. The summed E-state index contributed by atoms with van der Waals surface area (Å²) >= 11 is 0. The lowest BCUT2D eigenvalue weighted by Crippen LogP contribution is -2.12. The maximum absolute atomic E-state index is 12.5. The zero-order valence-corrected chi connectivity index (χ0v) is 12.4. The minimum absolute atomic E-state index is 0.0584. The normalized spacial score (nSPS) is 15.5. The lowest BCUT2D eigenvalue weighted by Gasteiger charge is -2.11. The van der Waals surface area contributed by atoms with Gasteiger partial charge < -0.3 is 10.4 Å². The summed E-state index contributed by atoms with van der Waals surface area (Å²) in [6.45, 7) is 0. The number of hydrogen-bond acceptors (Lipinski definition) is 2. The summed E-state index contributed by atoms with van der Waals surface area (Å²) in [5.74, 6) is 0.214. The van der Waals surface area contributed by atoms with Crippen LogP contribution < -0.4 is 5.32 Å². The number of halogens is 2. The minimum Gasteiger partial charge on any atom is -0.382 e. The first-order chi connectivity index (χ1) is 11.0. The van der Waals surface area contributed by atoms with Crippen molar-refractivity contribution in [2.45, 2.75) is 25.4 Å². The summed E-state index contributed by atoms with van der Waals surface area (Å²) in [5, 5.41) is 12.2. The molecule has 2 aromatic carbocycles. The highest BCUT2D eigenvalue weighted by Gasteiger charge is 2.29. The number of amides is 1. The Hall–Kier alpha value is -2.27. The molecule has 0 spiro atoms. The van der Waals surface area contributed by atoms with E-state index in [1.165, 1.54) is 12.1 Å². The van der Waals surface area contributed by atoms with Gasteiger partial charge in [0.25, 0.3) is 6.43 Å². The number of aliphatic hydroxyl groups excluding tert-OH is 1. The topological polar surface area (TPSA) is 49.3 Å². The van der Waals surface area contributed by atoms with E-state index < -0.39 is 12.5 Å². The number of aliphatic hydroxyl groups is 1. The molecule has 23 heavy (non-hydrogen) atoms. The van der Waals surface area contributed by atoms with Crippen LogP contribution in [0.25, 0.3) is 11.1 Å². The maximum atomic E-state index is 12.5. The van der Waals surface area contributed by atoms with Crippen LogP contribution in [-0.4, -0.2) is 17.4 Å². The van der Waals surface area contributed by atoms with Crippen LogP contribution in [0.5, 0.6) is 0 Å². The van der Waals surface area contributed by atoms with Crippen molar-refractivity contribution < 1.29 is 18.7 Å². The van der Waals surface area contributed by atoms with Crippen molar-refractivity contribution in [2.24, 2.45) is 5.92 Å². The van der Waals surface area contributed by atoms with Crippen LogP contribution in [0.3, 0.4) is 0 Å². The molecule has 1 unspecified atom stereocenters. The molecule has 1 amide bonds. The third-order valence-electron chi connectivity index (χ3n) is 3.92. The van der Waals surface area contributed by atoms with Gasteiger partial charge in [-0.2, -0.15) is 0 Å². The summed E-state index contributed by atoms with van der Waals surface area (Å²) < 4.78 is 24.9. The molecular weight excluding hydrogens is 300 g/mol. The van der Waals surface area contributed by atoms with E-state index in [0.717, 1.165) is 29.7 Å². The van der Waals surface area contributed by atoms with Crippen molar-refractivity contribution in [1.29, 1.82) is 0 Å². The van der Waals surface area contributed by atoms with Crippen LogP contribution in [0, 0.1) is 5.92 Å². The van der Waals surface area contributed by atoms with Crippen LogP contribution in [0.2, 0.25) is 0 Å². The Morgan fingerprint density at radius 3 is 2.00 bits per heavy atom. The van der Waals surface area contributed by atoms with Crippen molar-refractivity contribution >= 4 is 11.6 Å². The van der Waals surface area contributed by atoms with Crippen molar-refractivity contribution in [3.8, 4) is 11.1 Å². The predicted octanol–water partition coefficient (Wildman–Crippen LogP) is 4.00. The van der Waals surface area contributed by atoms with Crippen molar-refractivity contribution in [3.63, 3.8) is 0 Å². The van der Waals surface area contributed by atoms with E-state index in [0.29, 0.717) is 0 Å². The average molecular weight is 317 g/mol. The molecule has 5 heteroatoms.